The van der Waals surface area contributed by atoms with E-state index in [0.29, 0.717) is 24.5 Å². The van der Waals surface area contributed by atoms with Crippen molar-refractivity contribution in [2.75, 3.05) is 13.1 Å². The monoisotopic (exact) mass is 452 g/mol. The largest absolute Gasteiger partial charge is 0.437 e. The Bertz CT molecular complexity index is 1250. The van der Waals surface area contributed by atoms with E-state index < -0.39 is 0 Å². The number of benzene rings is 1. The van der Waals surface area contributed by atoms with Crippen LogP contribution in [0.5, 0.6) is 11.6 Å². The molecule has 0 bridgehead atoms. The second kappa shape index (κ2) is 9.74. The standard InChI is InChI=1S/C26H24N6O2/c1-18-2-5-22(6-3-18)34-25-24(29-10-11-30-25)19-8-12-32(13-9-19)26(33)20-4-7-23(31-16-20)21-14-27-17-28-15-21/h2-7,10-11,14-17,19H,8-9,12-13H2,1H3. The van der Waals surface area contributed by atoms with Crippen LogP contribution < -0.4 is 4.74 Å². The highest BCUT2D eigenvalue weighted by Gasteiger charge is 2.28. The second-order valence-electron chi connectivity index (χ2n) is 8.29. The summed E-state index contributed by atoms with van der Waals surface area (Å²) in [4.78, 5) is 36.3. The van der Waals surface area contributed by atoms with Crippen molar-refractivity contribution in [1.29, 1.82) is 0 Å². The molecule has 0 unspecified atom stereocenters. The summed E-state index contributed by atoms with van der Waals surface area (Å²) >= 11 is 0. The molecule has 0 radical (unpaired) electrons. The molecule has 1 aliphatic heterocycles. The third-order valence-electron chi connectivity index (χ3n) is 5.96. The van der Waals surface area contributed by atoms with Crippen LogP contribution in [0.3, 0.4) is 0 Å². The summed E-state index contributed by atoms with van der Waals surface area (Å²) in [5, 5.41) is 0. The zero-order chi connectivity index (χ0) is 23.3. The Labute approximate surface area is 197 Å². The van der Waals surface area contributed by atoms with E-state index in [2.05, 4.69) is 24.9 Å². The molecule has 4 heterocycles. The third kappa shape index (κ3) is 4.76. The maximum atomic E-state index is 13.0. The fourth-order valence-electron chi connectivity index (χ4n) is 4.07. The van der Waals surface area contributed by atoms with E-state index >= 15 is 0 Å². The number of hydrogen-bond acceptors (Lipinski definition) is 7. The number of carbonyl (C=O) groups excluding carboxylic acids is 1. The molecule has 1 amide bonds. The summed E-state index contributed by atoms with van der Waals surface area (Å²) in [5.74, 6) is 1.42. The van der Waals surface area contributed by atoms with Gasteiger partial charge in [-0.1, -0.05) is 17.7 Å². The Kier molecular flexibility index (Phi) is 6.20. The zero-order valence-electron chi connectivity index (χ0n) is 18.8. The van der Waals surface area contributed by atoms with Gasteiger partial charge in [0, 0.05) is 55.6 Å². The van der Waals surface area contributed by atoms with Crippen molar-refractivity contribution in [1.82, 2.24) is 29.8 Å². The predicted molar refractivity (Wildman–Crippen MR) is 126 cm³/mol. The Balaban J connectivity index is 1.24. The van der Waals surface area contributed by atoms with E-state index in [1.54, 1.807) is 37.1 Å². The molecule has 0 atom stereocenters. The molecule has 1 aliphatic rings. The minimum absolute atomic E-state index is 0.0166. The van der Waals surface area contributed by atoms with Crippen LogP contribution in [0.15, 0.2) is 73.7 Å². The average Bonchev–Trinajstić information content (AvgIpc) is 2.91. The van der Waals surface area contributed by atoms with Gasteiger partial charge in [-0.25, -0.2) is 15.0 Å². The van der Waals surface area contributed by atoms with Crippen LogP contribution in [0.4, 0.5) is 0 Å². The average molecular weight is 453 g/mol. The van der Waals surface area contributed by atoms with Crippen LogP contribution in [-0.4, -0.2) is 48.8 Å². The number of piperidine rings is 1. The van der Waals surface area contributed by atoms with E-state index in [1.807, 2.05) is 42.2 Å². The summed E-state index contributed by atoms with van der Waals surface area (Å²) in [5.41, 5.74) is 4.13. The lowest BCUT2D eigenvalue weighted by molar-refractivity contribution is 0.0711. The number of hydrogen-bond donors (Lipinski definition) is 0. The summed E-state index contributed by atoms with van der Waals surface area (Å²) < 4.78 is 6.04. The van der Waals surface area contributed by atoms with E-state index in [1.165, 1.54) is 11.9 Å². The van der Waals surface area contributed by atoms with Crippen molar-refractivity contribution in [2.24, 2.45) is 0 Å². The quantitative estimate of drug-likeness (QED) is 0.442. The Hall–Kier alpha value is -4.20. The summed E-state index contributed by atoms with van der Waals surface area (Å²) in [6.07, 6.45) is 11.4. The number of likely N-dealkylation sites (tertiary alicyclic amines) is 1. The molecule has 8 heteroatoms. The van der Waals surface area contributed by atoms with Crippen LogP contribution in [0.2, 0.25) is 0 Å². The molecule has 4 aromatic rings. The lowest BCUT2D eigenvalue weighted by Crippen LogP contribution is -2.38. The topological polar surface area (TPSA) is 94.0 Å². The first-order chi connectivity index (χ1) is 16.7. The molecule has 3 aromatic heterocycles. The van der Waals surface area contributed by atoms with Crippen LogP contribution in [-0.2, 0) is 0 Å². The summed E-state index contributed by atoms with van der Waals surface area (Å²) in [6, 6.07) is 11.5. The van der Waals surface area contributed by atoms with Crippen LogP contribution >= 0.6 is 0 Å². The van der Waals surface area contributed by atoms with Gasteiger partial charge < -0.3 is 9.64 Å². The summed E-state index contributed by atoms with van der Waals surface area (Å²) in [7, 11) is 0. The molecule has 1 fully saturated rings. The molecule has 0 saturated carbocycles. The number of aromatic nitrogens is 5. The van der Waals surface area contributed by atoms with Gasteiger partial charge in [-0.05, 0) is 44.0 Å². The molecular weight excluding hydrogens is 428 g/mol. The van der Waals surface area contributed by atoms with Gasteiger partial charge in [0.2, 0.25) is 5.88 Å². The normalized spacial score (nSPS) is 14.1. The van der Waals surface area contributed by atoms with Gasteiger partial charge in [0.1, 0.15) is 17.8 Å². The molecular formula is C26H24N6O2. The molecule has 5 rings (SSSR count). The maximum Gasteiger partial charge on any atom is 0.255 e. The van der Waals surface area contributed by atoms with Gasteiger partial charge in [0.25, 0.3) is 5.91 Å². The fraction of sp³-hybridized carbons (Fsp3) is 0.231. The van der Waals surface area contributed by atoms with E-state index in [4.69, 9.17) is 4.74 Å². The van der Waals surface area contributed by atoms with Gasteiger partial charge in [-0.2, -0.15) is 0 Å². The van der Waals surface area contributed by atoms with Crippen molar-refractivity contribution in [3.63, 3.8) is 0 Å². The van der Waals surface area contributed by atoms with Gasteiger partial charge in [0.15, 0.2) is 0 Å². The van der Waals surface area contributed by atoms with Crippen molar-refractivity contribution in [2.45, 2.75) is 25.7 Å². The van der Waals surface area contributed by atoms with E-state index in [-0.39, 0.29) is 11.8 Å². The number of amides is 1. The Morgan fingerprint density at radius 3 is 2.35 bits per heavy atom. The van der Waals surface area contributed by atoms with Crippen LogP contribution in [0.1, 0.15) is 40.4 Å². The smallest absolute Gasteiger partial charge is 0.255 e. The number of rotatable bonds is 5. The lowest BCUT2D eigenvalue weighted by atomic mass is 9.93. The van der Waals surface area contributed by atoms with E-state index in [9.17, 15) is 4.79 Å². The second-order valence-corrected chi connectivity index (χ2v) is 8.29. The first kappa shape index (κ1) is 21.6. The molecule has 0 N–H and O–H groups in total. The molecule has 1 saturated heterocycles. The molecule has 1 aromatic carbocycles. The van der Waals surface area contributed by atoms with Crippen molar-refractivity contribution < 1.29 is 9.53 Å². The first-order valence-electron chi connectivity index (χ1n) is 11.2. The SMILES string of the molecule is Cc1ccc(Oc2nccnc2C2CCN(C(=O)c3ccc(-c4cncnc4)nc3)CC2)cc1. The maximum absolute atomic E-state index is 13.0. The number of pyridine rings is 1. The lowest BCUT2D eigenvalue weighted by Gasteiger charge is -2.32. The number of ether oxygens (including phenoxy) is 1. The molecule has 0 spiro atoms. The zero-order valence-corrected chi connectivity index (χ0v) is 18.8. The number of nitrogens with zero attached hydrogens (tertiary/aromatic N) is 6. The number of carbonyl (C=O) groups is 1. The molecule has 34 heavy (non-hydrogen) atoms. The highest BCUT2D eigenvalue weighted by atomic mass is 16.5. The van der Waals surface area contributed by atoms with Gasteiger partial charge in [0.05, 0.1) is 11.3 Å². The fourth-order valence-corrected chi connectivity index (χ4v) is 4.07. The Morgan fingerprint density at radius 2 is 1.65 bits per heavy atom. The highest BCUT2D eigenvalue weighted by molar-refractivity contribution is 5.94. The van der Waals surface area contributed by atoms with Gasteiger partial charge in [-0.3, -0.25) is 14.8 Å². The molecule has 8 nitrogen and oxygen atoms in total. The van der Waals surface area contributed by atoms with Gasteiger partial charge >= 0.3 is 0 Å². The molecule has 170 valence electrons. The Morgan fingerprint density at radius 1 is 0.912 bits per heavy atom. The number of aryl methyl sites for hydroxylation is 1. The van der Waals surface area contributed by atoms with Crippen molar-refractivity contribution in [3.8, 4) is 22.9 Å². The highest BCUT2D eigenvalue weighted by Crippen LogP contribution is 2.34. The third-order valence-corrected chi connectivity index (χ3v) is 5.96. The molecule has 0 aliphatic carbocycles. The minimum Gasteiger partial charge on any atom is -0.437 e. The van der Waals surface area contributed by atoms with Crippen molar-refractivity contribution >= 4 is 5.91 Å². The van der Waals surface area contributed by atoms with E-state index in [0.717, 1.165) is 35.5 Å². The van der Waals surface area contributed by atoms with Crippen molar-refractivity contribution in [3.05, 3.63) is 90.5 Å². The first-order valence-corrected chi connectivity index (χ1v) is 11.2. The van der Waals surface area contributed by atoms with Crippen LogP contribution in [0, 0.1) is 6.92 Å². The summed E-state index contributed by atoms with van der Waals surface area (Å²) in [6.45, 7) is 3.31. The van der Waals surface area contributed by atoms with Crippen LogP contribution in [0.25, 0.3) is 11.3 Å². The van der Waals surface area contributed by atoms with Gasteiger partial charge in [-0.15, -0.1) is 0 Å². The predicted octanol–water partition coefficient (Wildman–Crippen LogP) is 4.45. The minimum atomic E-state index is -0.0166.